The van der Waals surface area contributed by atoms with Crippen LogP contribution in [0.2, 0.25) is 0 Å². The van der Waals surface area contributed by atoms with E-state index in [2.05, 4.69) is 4.98 Å². The first-order chi connectivity index (χ1) is 6.27. The monoisotopic (exact) mass is 199 g/mol. The third-order valence-corrected chi connectivity index (χ3v) is 2.79. The lowest BCUT2D eigenvalue weighted by molar-refractivity contribution is 0.181. The van der Waals surface area contributed by atoms with Crippen LogP contribution in [-0.4, -0.2) is 22.1 Å². The van der Waals surface area contributed by atoms with Crippen LogP contribution in [0.5, 0.6) is 0 Å². The first kappa shape index (κ1) is 10.3. The molecule has 1 unspecified atom stereocenters. The molecule has 1 aromatic rings. The molecule has 0 aliphatic heterocycles. The molecule has 0 saturated carbocycles. The van der Waals surface area contributed by atoms with E-state index in [4.69, 9.17) is 4.74 Å². The number of ether oxygens (including phenoxy) is 1. The van der Waals surface area contributed by atoms with E-state index in [0.717, 1.165) is 5.69 Å². The van der Waals surface area contributed by atoms with Crippen LogP contribution in [0.3, 0.4) is 0 Å². The van der Waals surface area contributed by atoms with Crippen molar-refractivity contribution in [1.82, 2.24) is 4.98 Å². The zero-order valence-corrected chi connectivity index (χ0v) is 8.63. The summed E-state index contributed by atoms with van der Waals surface area (Å²) in [5.41, 5.74) is 0.821. The maximum absolute atomic E-state index is 11.4. The molecule has 3 nitrogen and oxygen atoms in total. The van der Waals surface area contributed by atoms with E-state index in [0.29, 0.717) is 17.4 Å². The van der Waals surface area contributed by atoms with Crippen LogP contribution < -0.4 is 0 Å². The van der Waals surface area contributed by atoms with Gasteiger partial charge in [0.05, 0.1) is 23.1 Å². The second-order valence-corrected chi connectivity index (χ2v) is 4.22. The first-order valence-electron chi connectivity index (χ1n) is 4.11. The van der Waals surface area contributed by atoms with Crippen LogP contribution in [0, 0.1) is 0 Å². The maximum atomic E-state index is 11.4. The fourth-order valence-electron chi connectivity index (χ4n) is 0.961. The van der Waals surface area contributed by atoms with E-state index in [1.54, 1.807) is 13.2 Å². The molecular weight excluding hydrogens is 186 g/mol. The van der Waals surface area contributed by atoms with Gasteiger partial charge < -0.3 is 4.74 Å². The molecule has 1 aromatic heterocycles. The van der Waals surface area contributed by atoms with Crippen molar-refractivity contribution in [3.8, 4) is 0 Å². The SMILES string of the molecule is CCS(=O)c1cccc(COC)n1. The summed E-state index contributed by atoms with van der Waals surface area (Å²) in [5, 5.41) is 0.636. The highest BCUT2D eigenvalue weighted by molar-refractivity contribution is 7.84. The Bertz CT molecular complexity index is 301. The fourth-order valence-corrected chi connectivity index (χ4v) is 1.71. The molecule has 0 radical (unpaired) electrons. The normalized spacial score (nSPS) is 12.8. The minimum Gasteiger partial charge on any atom is -0.378 e. The van der Waals surface area contributed by atoms with Gasteiger partial charge in [0.25, 0.3) is 0 Å². The molecule has 0 saturated heterocycles. The molecule has 1 atom stereocenters. The molecule has 0 spiro atoms. The minimum atomic E-state index is -0.971. The Balaban J connectivity index is 2.85. The van der Waals surface area contributed by atoms with Crippen molar-refractivity contribution in [1.29, 1.82) is 0 Å². The summed E-state index contributed by atoms with van der Waals surface area (Å²) in [4.78, 5) is 4.21. The lowest BCUT2D eigenvalue weighted by atomic mass is 10.4. The number of hydrogen-bond donors (Lipinski definition) is 0. The largest absolute Gasteiger partial charge is 0.378 e. The highest BCUT2D eigenvalue weighted by Gasteiger charge is 2.02. The van der Waals surface area contributed by atoms with Gasteiger partial charge in [-0.15, -0.1) is 0 Å². The molecule has 0 amide bonds. The summed E-state index contributed by atoms with van der Waals surface area (Å²) in [6.07, 6.45) is 0. The quantitative estimate of drug-likeness (QED) is 0.735. The molecule has 13 heavy (non-hydrogen) atoms. The van der Waals surface area contributed by atoms with Crippen LogP contribution in [0.15, 0.2) is 23.2 Å². The van der Waals surface area contributed by atoms with E-state index in [1.807, 2.05) is 19.1 Å². The standard InChI is InChI=1S/C9H13NO2S/c1-3-13(11)9-6-4-5-8(10-9)7-12-2/h4-6H,3,7H2,1-2H3. The Hall–Kier alpha value is -0.740. The zero-order chi connectivity index (χ0) is 9.68. The fraction of sp³-hybridized carbons (Fsp3) is 0.444. The van der Waals surface area contributed by atoms with Gasteiger partial charge in [-0.25, -0.2) is 4.98 Å². The second-order valence-electron chi connectivity index (χ2n) is 2.53. The van der Waals surface area contributed by atoms with Crippen LogP contribution >= 0.6 is 0 Å². The molecule has 4 heteroatoms. The topological polar surface area (TPSA) is 39.2 Å². The van der Waals surface area contributed by atoms with E-state index >= 15 is 0 Å². The second kappa shape index (κ2) is 5.09. The summed E-state index contributed by atoms with van der Waals surface area (Å²) in [6.45, 7) is 2.34. The van der Waals surface area contributed by atoms with Gasteiger partial charge in [0.2, 0.25) is 0 Å². The molecular formula is C9H13NO2S. The van der Waals surface area contributed by atoms with Crippen molar-refractivity contribution < 1.29 is 8.95 Å². The highest BCUT2D eigenvalue weighted by atomic mass is 32.2. The van der Waals surface area contributed by atoms with Gasteiger partial charge in [0, 0.05) is 12.9 Å². The summed E-state index contributed by atoms with van der Waals surface area (Å²) in [6, 6.07) is 5.49. The Labute approximate surface area is 80.6 Å². The number of nitrogens with zero attached hydrogens (tertiary/aromatic N) is 1. The summed E-state index contributed by atoms with van der Waals surface area (Å²) < 4.78 is 16.3. The first-order valence-corrected chi connectivity index (χ1v) is 5.43. The molecule has 1 rings (SSSR count). The molecule has 0 bridgehead atoms. The average molecular weight is 199 g/mol. The number of methoxy groups -OCH3 is 1. The molecule has 0 N–H and O–H groups in total. The Morgan fingerprint density at radius 2 is 2.31 bits per heavy atom. The molecule has 72 valence electrons. The van der Waals surface area contributed by atoms with Crippen LogP contribution in [-0.2, 0) is 22.1 Å². The summed E-state index contributed by atoms with van der Waals surface area (Å²) in [7, 11) is 0.645. The predicted octanol–water partition coefficient (Wildman–Crippen LogP) is 1.36. The summed E-state index contributed by atoms with van der Waals surface area (Å²) in [5.74, 6) is 0.601. The third-order valence-electron chi connectivity index (χ3n) is 1.57. The van der Waals surface area contributed by atoms with Crippen LogP contribution in [0.25, 0.3) is 0 Å². The van der Waals surface area contributed by atoms with Gasteiger partial charge in [0.15, 0.2) is 0 Å². The Morgan fingerprint density at radius 1 is 1.54 bits per heavy atom. The molecule has 0 aliphatic rings. The van der Waals surface area contributed by atoms with Crippen molar-refractivity contribution in [3.63, 3.8) is 0 Å². The maximum Gasteiger partial charge on any atom is 0.127 e. The minimum absolute atomic E-state index is 0.467. The highest BCUT2D eigenvalue weighted by Crippen LogP contribution is 2.05. The van der Waals surface area contributed by atoms with E-state index in [1.165, 1.54) is 0 Å². The Kier molecular flexibility index (Phi) is 4.05. The Morgan fingerprint density at radius 3 is 2.92 bits per heavy atom. The third kappa shape index (κ3) is 2.90. The number of aromatic nitrogens is 1. The van der Waals surface area contributed by atoms with Crippen LogP contribution in [0.1, 0.15) is 12.6 Å². The molecule has 0 fully saturated rings. The van der Waals surface area contributed by atoms with E-state index in [-0.39, 0.29) is 0 Å². The van der Waals surface area contributed by atoms with Gasteiger partial charge in [-0.1, -0.05) is 13.0 Å². The van der Waals surface area contributed by atoms with Gasteiger partial charge in [-0.05, 0) is 12.1 Å². The number of pyridine rings is 1. The molecule has 1 heterocycles. The number of rotatable bonds is 4. The smallest absolute Gasteiger partial charge is 0.127 e. The van der Waals surface area contributed by atoms with Crippen molar-refractivity contribution >= 4 is 10.8 Å². The van der Waals surface area contributed by atoms with Crippen molar-refractivity contribution in [2.24, 2.45) is 0 Å². The van der Waals surface area contributed by atoms with Gasteiger partial charge >= 0.3 is 0 Å². The lowest BCUT2D eigenvalue weighted by Gasteiger charge is -2.01. The summed E-state index contributed by atoms with van der Waals surface area (Å²) >= 11 is 0. The molecule has 0 aliphatic carbocycles. The lowest BCUT2D eigenvalue weighted by Crippen LogP contribution is -2.00. The van der Waals surface area contributed by atoms with Crippen LogP contribution in [0.4, 0.5) is 0 Å². The van der Waals surface area contributed by atoms with Gasteiger partial charge in [-0.2, -0.15) is 0 Å². The van der Waals surface area contributed by atoms with Crippen molar-refractivity contribution in [2.45, 2.75) is 18.6 Å². The average Bonchev–Trinajstić information content (AvgIpc) is 2.18. The van der Waals surface area contributed by atoms with Crippen molar-refractivity contribution in [2.75, 3.05) is 12.9 Å². The van der Waals surface area contributed by atoms with E-state index in [9.17, 15) is 4.21 Å². The zero-order valence-electron chi connectivity index (χ0n) is 7.82. The van der Waals surface area contributed by atoms with Gasteiger partial charge in [-0.3, -0.25) is 4.21 Å². The predicted molar refractivity (Wildman–Crippen MR) is 51.9 cm³/mol. The van der Waals surface area contributed by atoms with Crippen molar-refractivity contribution in [3.05, 3.63) is 23.9 Å². The number of hydrogen-bond acceptors (Lipinski definition) is 3. The van der Waals surface area contributed by atoms with Gasteiger partial charge in [0.1, 0.15) is 5.03 Å². The van der Waals surface area contributed by atoms with E-state index < -0.39 is 10.8 Å². The molecule has 0 aromatic carbocycles.